The predicted octanol–water partition coefficient (Wildman–Crippen LogP) is 6.64. The molecule has 1 nitrogen and oxygen atoms in total. The first kappa shape index (κ1) is 17.8. The smallest absolute Gasteiger partial charge is 0.426 e. The van der Waals surface area contributed by atoms with Crippen molar-refractivity contribution in [2.75, 3.05) is 0 Å². The van der Waals surface area contributed by atoms with Crippen LogP contribution in [-0.2, 0) is 6.11 Å². The van der Waals surface area contributed by atoms with Crippen LogP contribution < -0.4 is 4.74 Å². The molecule has 2 aromatic rings. The SMILES string of the molecule is CCC1CCC(c2ccc(C(F)(F)Oc3ccc(F)cc3)cc2)CC1. The van der Waals surface area contributed by atoms with E-state index in [9.17, 15) is 13.2 Å². The van der Waals surface area contributed by atoms with Crippen molar-refractivity contribution in [3.05, 3.63) is 65.5 Å². The molecule has 3 rings (SSSR count). The lowest BCUT2D eigenvalue weighted by Crippen LogP contribution is -2.22. The molecule has 4 heteroatoms. The fourth-order valence-corrected chi connectivity index (χ4v) is 3.56. The summed E-state index contributed by atoms with van der Waals surface area (Å²) in [6.45, 7) is 2.23. The van der Waals surface area contributed by atoms with Gasteiger partial charge in [-0.05, 0) is 79.5 Å². The molecule has 0 saturated heterocycles. The quantitative estimate of drug-likeness (QED) is 0.588. The van der Waals surface area contributed by atoms with E-state index in [1.54, 1.807) is 12.1 Å². The van der Waals surface area contributed by atoms with E-state index in [1.165, 1.54) is 43.5 Å². The van der Waals surface area contributed by atoms with Gasteiger partial charge in [0.1, 0.15) is 11.6 Å². The summed E-state index contributed by atoms with van der Waals surface area (Å²) in [6.07, 6.45) is 2.45. The second-order valence-corrected chi connectivity index (χ2v) is 6.82. The lowest BCUT2D eigenvalue weighted by Gasteiger charge is -2.28. The van der Waals surface area contributed by atoms with Gasteiger partial charge in [-0.25, -0.2) is 4.39 Å². The fraction of sp³-hybridized carbons (Fsp3) is 0.429. The van der Waals surface area contributed by atoms with E-state index in [0.717, 1.165) is 36.5 Å². The van der Waals surface area contributed by atoms with Crippen LogP contribution in [0.4, 0.5) is 13.2 Å². The Labute approximate surface area is 146 Å². The molecular formula is C21H23F3O. The van der Waals surface area contributed by atoms with Crippen LogP contribution in [0.3, 0.4) is 0 Å². The van der Waals surface area contributed by atoms with Crippen LogP contribution >= 0.6 is 0 Å². The maximum absolute atomic E-state index is 14.3. The van der Waals surface area contributed by atoms with Crippen molar-refractivity contribution in [2.45, 2.75) is 51.1 Å². The second kappa shape index (κ2) is 7.51. The molecule has 1 aliphatic carbocycles. The number of ether oxygens (including phenoxy) is 1. The predicted molar refractivity (Wildman–Crippen MR) is 92.4 cm³/mol. The van der Waals surface area contributed by atoms with Crippen molar-refractivity contribution in [1.29, 1.82) is 0 Å². The van der Waals surface area contributed by atoms with E-state index in [4.69, 9.17) is 4.74 Å². The molecule has 134 valence electrons. The van der Waals surface area contributed by atoms with Crippen molar-refractivity contribution in [3.8, 4) is 5.75 Å². The molecule has 0 heterocycles. The van der Waals surface area contributed by atoms with E-state index in [-0.39, 0.29) is 11.3 Å². The molecule has 25 heavy (non-hydrogen) atoms. The summed E-state index contributed by atoms with van der Waals surface area (Å²) in [5.41, 5.74) is 0.929. The average molecular weight is 348 g/mol. The normalized spacial score (nSPS) is 21.1. The molecule has 1 aliphatic rings. The van der Waals surface area contributed by atoms with E-state index in [2.05, 4.69) is 6.92 Å². The Bertz CT molecular complexity index is 671. The molecule has 0 unspecified atom stereocenters. The molecule has 0 N–H and O–H groups in total. The van der Waals surface area contributed by atoms with E-state index in [1.807, 2.05) is 0 Å². The molecule has 0 bridgehead atoms. The number of benzene rings is 2. The van der Waals surface area contributed by atoms with Gasteiger partial charge in [0.2, 0.25) is 0 Å². The lowest BCUT2D eigenvalue weighted by atomic mass is 9.78. The zero-order valence-corrected chi connectivity index (χ0v) is 14.4. The summed E-state index contributed by atoms with van der Waals surface area (Å²) in [4.78, 5) is 0. The first-order valence-electron chi connectivity index (χ1n) is 8.90. The minimum Gasteiger partial charge on any atom is -0.429 e. The van der Waals surface area contributed by atoms with Crippen molar-refractivity contribution >= 4 is 0 Å². The van der Waals surface area contributed by atoms with Gasteiger partial charge in [-0.2, -0.15) is 8.78 Å². The number of alkyl halides is 2. The zero-order chi connectivity index (χ0) is 17.9. The Balaban J connectivity index is 1.67. The highest BCUT2D eigenvalue weighted by Gasteiger charge is 2.34. The molecule has 0 radical (unpaired) electrons. The molecule has 1 saturated carbocycles. The third-order valence-corrected chi connectivity index (χ3v) is 5.20. The number of halogens is 3. The summed E-state index contributed by atoms with van der Waals surface area (Å²) >= 11 is 0. The van der Waals surface area contributed by atoms with Gasteiger partial charge in [-0.1, -0.05) is 25.5 Å². The Morgan fingerprint density at radius 1 is 0.920 bits per heavy atom. The molecule has 0 amide bonds. The highest BCUT2D eigenvalue weighted by molar-refractivity contribution is 5.29. The van der Waals surface area contributed by atoms with Gasteiger partial charge >= 0.3 is 6.11 Å². The van der Waals surface area contributed by atoms with Crippen molar-refractivity contribution in [2.24, 2.45) is 5.92 Å². The van der Waals surface area contributed by atoms with Crippen LogP contribution in [0, 0.1) is 11.7 Å². The number of hydrogen-bond acceptors (Lipinski definition) is 1. The third-order valence-electron chi connectivity index (χ3n) is 5.20. The topological polar surface area (TPSA) is 9.23 Å². The minimum atomic E-state index is -3.45. The van der Waals surface area contributed by atoms with Crippen molar-refractivity contribution in [3.63, 3.8) is 0 Å². The highest BCUT2D eigenvalue weighted by Crippen LogP contribution is 2.38. The monoisotopic (exact) mass is 348 g/mol. The van der Waals surface area contributed by atoms with Gasteiger partial charge in [0.15, 0.2) is 0 Å². The second-order valence-electron chi connectivity index (χ2n) is 6.82. The first-order valence-corrected chi connectivity index (χ1v) is 8.90. The molecule has 1 fully saturated rings. The Hall–Kier alpha value is -1.97. The van der Waals surface area contributed by atoms with Gasteiger partial charge in [-0.15, -0.1) is 0 Å². The Morgan fingerprint density at radius 2 is 1.52 bits per heavy atom. The van der Waals surface area contributed by atoms with Crippen molar-refractivity contribution < 1.29 is 17.9 Å². The molecule has 0 atom stereocenters. The van der Waals surface area contributed by atoms with Crippen LogP contribution in [-0.4, -0.2) is 0 Å². The van der Waals surface area contributed by atoms with Gasteiger partial charge < -0.3 is 4.74 Å². The van der Waals surface area contributed by atoms with E-state index >= 15 is 0 Å². The summed E-state index contributed by atoms with van der Waals surface area (Å²) < 4.78 is 46.2. The molecule has 0 aliphatic heterocycles. The standard InChI is InChI=1S/C21H23F3O/c1-2-15-3-5-16(6-4-15)17-7-9-18(10-8-17)21(23,24)25-20-13-11-19(22)12-14-20/h7-16H,2-6H2,1H3. The van der Waals surface area contributed by atoms with Gasteiger partial charge in [0.05, 0.1) is 5.56 Å². The van der Waals surface area contributed by atoms with E-state index < -0.39 is 11.9 Å². The lowest BCUT2D eigenvalue weighted by molar-refractivity contribution is -0.185. The maximum atomic E-state index is 14.3. The van der Waals surface area contributed by atoms with Crippen LogP contribution in [0.15, 0.2) is 48.5 Å². The Morgan fingerprint density at radius 3 is 2.08 bits per heavy atom. The molecular weight excluding hydrogens is 325 g/mol. The first-order chi connectivity index (χ1) is 12.0. The van der Waals surface area contributed by atoms with Crippen LogP contribution in [0.25, 0.3) is 0 Å². The molecule has 0 aromatic heterocycles. The molecule has 2 aromatic carbocycles. The zero-order valence-electron chi connectivity index (χ0n) is 14.4. The highest BCUT2D eigenvalue weighted by atomic mass is 19.3. The third kappa shape index (κ3) is 4.36. The summed E-state index contributed by atoms with van der Waals surface area (Å²) in [6, 6.07) is 11.0. The summed E-state index contributed by atoms with van der Waals surface area (Å²) in [5.74, 6) is 0.721. The molecule has 0 spiro atoms. The van der Waals surface area contributed by atoms with Crippen LogP contribution in [0.1, 0.15) is 56.1 Å². The minimum absolute atomic E-state index is 0.0617. The van der Waals surface area contributed by atoms with Crippen LogP contribution in [0.5, 0.6) is 5.75 Å². The van der Waals surface area contributed by atoms with Crippen molar-refractivity contribution in [1.82, 2.24) is 0 Å². The summed E-state index contributed by atoms with van der Waals surface area (Å²) in [5, 5.41) is 0. The summed E-state index contributed by atoms with van der Waals surface area (Å²) in [7, 11) is 0. The van der Waals surface area contributed by atoms with E-state index in [0.29, 0.717) is 5.92 Å². The number of rotatable bonds is 5. The fourth-order valence-electron chi connectivity index (χ4n) is 3.56. The van der Waals surface area contributed by atoms with Crippen LogP contribution in [0.2, 0.25) is 0 Å². The largest absolute Gasteiger partial charge is 0.429 e. The maximum Gasteiger partial charge on any atom is 0.426 e. The average Bonchev–Trinajstić information content (AvgIpc) is 2.64. The Kier molecular flexibility index (Phi) is 5.36. The van der Waals surface area contributed by atoms with Gasteiger partial charge in [0, 0.05) is 0 Å². The van der Waals surface area contributed by atoms with Gasteiger partial charge in [0.25, 0.3) is 0 Å². The van der Waals surface area contributed by atoms with Gasteiger partial charge in [-0.3, -0.25) is 0 Å². The number of hydrogen-bond donors (Lipinski definition) is 0.